The molecule has 0 saturated carbocycles. The third-order valence-corrected chi connectivity index (χ3v) is 5.06. The number of hydrogen-bond acceptors (Lipinski definition) is 4. The minimum absolute atomic E-state index is 0.175. The molecule has 0 spiro atoms. The van der Waals surface area contributed by atoms with Crippen molar-refractivity contribution in [2.75, 3.05) is 6.61 Å². The van der Waals surface area contributed by atoms with Gasteiger partial charge in [-0.15, -0.1) is 13.2 Å². The lowest BCUT2D eigenvalue weighted by molar-refractivity contribution is -0.190. The molecule has 0 radical (unpaired) electrons. The van der Waals surface area contributed by atoms with Crippen LogP contribution in [0, 0.1) is 13.8 Å². The number of aryl methyl sites for hydroxylation is 2. The van der Waals surface area contributed by atoms with E-state index in [1.807, 2.05) is 6.92 Å². The standard InChI is InChI=1S/C24H29F3N2O3/c1-6-8-16(3)29(23(30)24(25,26)27)22(9-7-2)19-10-12-20(13-11-19)31-15-14-21-17(4)32-18(5)28-21/h6-7,10-13,16,22H,1-2,8-9,14-15H2,3-5H3. The Hall–Kier alpha value is -3.03. The largest absolute Gasteiger partial charge is 0.493 e. The van der Waals surface area contributed by atoms with Crippen LogP contribution in [-0.2, 0) is 11.2 Å². The lowest BCUT2D eigenvalue weighted by Gasteiger charge is -2.36. The number of halogens is 3. The van der Waals surface area contributed by atoms with Crippen LogP contribution in [0.5, 0.6) is 5.75 Å². The molecule has 2 unspecified atom stereocenters. The van der Waals surface area contributed by atoms with E-state index in [4.69, 9.17) is 9.15 Å². The molecular formula is C24H29F3N2O3. The highest BCUT2D eigenvalue weighted by atomic mass is 19.4. The number of hydrogen-bond donors (Lipinski definition) is 0. The third-order valence-electron chi connectivity index (χ3n) is 5.06. The maximum Gasteiger partial charge on any atom is 0.471 e. The summed E-state index contributed by atoms with van der Waals surface area (Å²) in [4.78, 5) is 17.4. The smallest absolute Gasteiger partial charge is 0.471 e. The zero-order valence-electron chi connectivity index (χ0n) is 18.6. The number of carbonyl (C=O) groups excluding carboxylic acids is 1. The number of alkyl halides is 3. The van der Waals surface area contributed by atoms with Gasteiger partial charge in [-0.1, -0.05) is 24.3 Å². The molecule has 0 aliphatic rings. The van der Waals surface area contributed by atoms with E-state index in [-0.39, 0.29) is 12.8 Å². The maximum absolute atomic E-state index is 13.3. The van der Waals surface area contributed by atoms with E-state index in [1.165, 1.54) is 12.2 Å². The van der Waals surface area contributed by atoms with Gasteiger partial charge >= 0.3 is 12.1 Å². The summed E-state index contributed by atoms with van der Waals surface area (Å²) >= 11 is 0. The summed E-state index contributed by atoms with van der Waals surface area (Å²) in [6.07, 6.45) is -0.992. The number of carbonyl (C=O) groups is 1. The van der Waals surface area contributed by atoms with Gasteiger partial charge in [0.15, 0.2) is 5.89 Å². The summed E-state index contributed by atoms with van der Waals surface area (Å²) in [5.41, 5.74) is 1.39. The molecule has 1 amide bonds. The molecule has 0 N–H and O–H groups in total. The number of aromatic nitrogens is 1. The van der Waals surface area contributed by atoms with Gasteiger partial charge in [-0.3, -0.25) is 4.79 Å². The van der Waals surface area contributed by atoms with Crippen molar-refractivity contribution < 1.29 is 27.1 Å². The fourth-order valence-electron chi connectivity index (χ4n) is 3.57. The zero-order chi connectivity index (χ0) is 23.9. The van der Waals surface area contributed by atoms with Crippen LogP contribution in [0.25, 0.3) is 0 Å². The zero-order valence-corrected chi connectivity index (χ0v) is 18.6. The lowest BCUT2D eigenvalue weighted by Crippen LogP contribution is -2.47. The van der Waals surface area contributed by atoms with Crippen LogP contribution in [-0.4, -0.2) is 34.6 Å². The number of nitrogens with zero attached hydrogens (tertiary/aromatic N) is 2. The average molecular weight is 451 g/mol. The van der Waals surface area contributed by atoms with Gasteiger partial charge in [-0.2, -0.15) is 13.2 Å². The number of rotatable bonds is 11. The summed E-state index contributed by atoms with van der Waals surface area (Å²) in [5, 5.41) is 0. The molecular weight excluding hydrogens is 421 g/mol. The Bertz CT molecular complexity index is 920. The number of oxazole rings is 1. The highest BCUT2D eigenvalue weighted by Crippen LogP contribution is 2.33. The first-order valence-corrected chi connectivity index (χ1v) is 10.3. The van der Waals surface area contributed by atoms with Crippen LogP contribution >= 0.6 is 0 Å². The quantitative estimate of drug-likeness (QED) is 0.401. The molecule has 174 valence electrons. The Labute approximate surface area is 186 Å². The first kappa shape index (κ1) is 25.2. The Morgan fingerprint density at radius 1 is 1.19 bits per heavy atom. The van der Waals surface area contributed by atoms with Crippen molar-refractivity contribution in [3.8, 4) is 5.75 Å². The minimum Gasteiger partial charge on any atom is -0.493 e. The van der Waals surface area contributed by atoms with Crippen molar-refractivity contribution in [1.29, 1.82) is 0 Å². The summed E-state index contributed by atoms with van der Waals surface area (Å²) in [6, 6.07) is 5.21. The Morgan fingerprint density at radius 3 is 2.31 bits per heavy atom. The topological polar surface area (TPSA) is 55.6 Å². The van der Waals surface area contributed by atoms with E-state index in [9.17, 15) is 18.0 Å². The molecule has 1 aromatic heterocycles. The second-order valence-corrected chi connectivity index (χ2v) is 7.53. The predicted molar refractivity (Wildman–Crippen MR) is 116 cm³/mol. The maximum atomic E-state index is 13.3. The van der Waals surface area contributed by atoms with Gasteiger partial charge in [0.25, 0.3) is 0 Å². The fourth-order valence-corrected chi connectivity index (χ4v) is 3.57. The highest BCUT2D eigenvalue weighted by molar-refractivity contribution is 5.82. The van der Waals surface area contributed by atoms with Gasteiger partial charge in [0, 0.05) is 19.4 Å². The molecule has 0 aliphatic heterocycles. The van der Waals surface area contributed by atoms with Gasteiger partial charge < -0.3 is 14.1 Å². The average Bonchev–Trinajstić information content (AvgIpc) is 3.04. The first-order chi connectivity index (χ1) is 15.1. The molecule has 2 aromatic rings. The van der Waals surface area contributed by atoms with Crippen LogP contribution in [0.1, 0.15) is 48.7 Å². The molecule has 2 atom stereocenters. The summed E-state index contributed by atoms with van der Waals surface area (Å²) < 4.78 is 51.1. The monoisotopic (exact) mass is 450 g/mol. The molecule has 2 rings (SSSR count). The number of amides is 1. The van der Waals surface area contributed by atoms with Crippen molar-refractivity contribution in [2.24, 2.45) is 0 Å². The summed E-state index contributed by atoms with van der Waals surface area (Å²) in [5.74, 6) is 0.0321. The molecule has 0 fully saturated rings. The van der Waals surface area contributed by atoms with E-state index in [1.54, 1.807) is 38.1 Å². The Balaban J connectivity index is 2.18. The van der Waals surface area contributed by atoms with E-state index in [0.29, 0.717) is 30.2 Å². The minimum atomic E-state index is -4.98. The van der Waals surface area contributed by atoms with Crippen LogP contribution in [0.2, 0.25) is 0 Å². The van der Waals surface area contributed by atoms with Gasteiger partial charge in [-0.05, 0) is 44.4 Å². The van der Waals surface area contributed by atoms with Crippen molar-refractivity contribution >= 4 is 5.91 Å². The van der Waals surface area contributed by atoms with Crippen molar-refractivity contribution in [1.82, 2.24) is 9.88 Å². The normalized spacial score (nSPS) is 13.3. The van der Waals surface area contributed by atoms with Crippen molar-refractivity contribution in [3.05, 3.63) is 72.5 Å². The van der Waals surface area contributed by atoms with Crippen LogP contribution in [0.3, 0.4) is 0 Å². The van der Waals surface area contributed by atoms with Crippen molar-refractivity contribution in [3.63, 3.8) is 0 Å². The highest BCUT2D eigenvalue weighted by Gasteiger charge is 2.46. The Kier molecular flexibility index (Phi) is 8.69. The van der Waals surface area contributed by atoms with Crippen LogP contribution < -0.4 is 4.74 Å². The van der Waals surface area contributed by atoms with Crippen molar-refractivity contribution in [2.45, 2.75) is 58.3 Å². The van der Waals surface area contributed by atoms with E-state index < -0.39 is 24.2 Å². The van der Waals surface area contributed by atoms with Crippen LogP contribution in [0.4, 0.5) is 13.2 Å². The Morgan fingerprint density at radius 2 is 1.81 bits per heavy atom. The summed E-state index contributed by atoms with van der Waals surface area (Å²) in [7, 11) is 0. The van der Waals surface area contributed by atoms with Gasteiger partial charge in [0.05, 0.1) is 18.3 Å². The number of benzene rings is 1. The van der Waals surface area contributed by atoms with Crippen LogP contribution in [0.15, 0.2) is 54.0 Å². The molecule has 0 bridgehead atoms. The number of ether oxygens (including phenoxy) is 1. The van der Waals surface area contributed by atoms with Gasteiger partial charge in [-0.25, -0.2) is 4.98 Å². The van der Waals surface area contributed by atoms with Gasteiger partial charge in [0.2, 0.25) is 0 Å². The molecule has 8 heteroatoms. The lowest BCUT2D eigenvalue weighted by atomic mass is 9.98. The predicted octanol–water partition coefficient (Wildman–Crippen LogP) is 5.89. The third kappa shape index (κ3) is 6.48. The molecule has 0 aliphatic carbocycles. The molecule has 1 heterocycles. The molecule has 32 heavy (non-hydrogen) atoms. The van der Waals surface area contributed by atoms with Gasteiger partial charge in [0.1, 0.15) is 11.5 Å². The first-order valence-electron chi connectivity index (χ1n) is 10.3. The molecule has 1 aromatic carbocycles. The van der Waals surface area contributed by atoms with E-state index in [0.717, 1.165) is 16.4 Å². The molecule has 5 nitrogen and oxygen atoms in total. The fraction of sp³-hybridized carbons (Fsp3) is 0.417. The second-order valence-electron chi connectivity index (χ2n) is 7.53. The van der Waals surface area contributed by atoms with E-state index >= 15 is 0 Å². The SMILES string of the molecule is C=CCC(C)N(C(=O)C(F)(F)F)C(CC=C)c1ccc(OCCc2nc(C)oc2C)cc1. The van der Waals surface area contributed by atoms with E-state index in [2.05, 4.69) is 18.1 Å². The summed E-state index contributed by atoms with van der Waals surface area (Å²) in [6.45, 7) is 12.8. The second kappa shape index (κ2) is 11.0. The molecule has 0 saturated heterocycles.